The van der Waals surface area contributed by atoms with Crippen LogP contribution in [-0.4, -0.2) is 27.8 Å². The van der Waals surface area contributed by atoms with Crippen LogP contribution in [0.2, 0.25) is 0 Å². The number of amides is 1. The monoisotopic (exact) mass is 537 g/mol. The fourth-order valence-electron chi connectivity index (χ4n) is 5.07. The van der Waals surface area contributed by atoms with E-state index in [0.717, 1.165) is 27.9 Å². The molecule has 206 valence electrons. The minimum atomic E-state index is -0.520. The first kappa shape index (κ1) is 27.0. The molecular formula is C32H35N5O3. The van der Waals surface area contributed by atoms with Gasteiger partial charge in [0.2, 0.25) is 5.95 Å². The fraction of sp³-hybridized carbons (Fsp3) is 0.281. The first-order chi connectivity index (χ1) is 19.2. The number of aromatic nitrogens is 3. The number of hydrogen-bond acceptors (Lipinski definition) is 6. The lowest BCUT2D eigenvalue weighted by Crippen LogP contribution is -2.31. The molecule has 1 aliphatic heterocycles. The van der Waals surface area contributed by atoms with Gasteiger partial charge in [0, 0.05) is 11.4 Å². The predicted molar refractivity (Wildman–Crippen MR) is 157 cm³/mol. The van der Waals surface area contributed by atoms with Crippen molar-refractivity contribution in [3.8, 4) is 11.5 Å². The van der Waals surface area contributed by atoms with Crippen molar-refractivity contribution >= 4 is 17.5 Å². The third-order valence-electron chi connectivity index (χ3n) is 7.73. The third kappa shape index (κ3) is 5.04. The van der Waals surface area contributed by atoms with Crippen LogP contribution in [0.25, 0.3) is 0 Å². The average molecular weight is 538 g/mol. The van der Waals surface area contributed by atoms with Crippen molar-refractivity contribution < 1.29 is 14.3 Å². The van der Waals surface area contributed by atoms with Gasteiger partial charge in [-0.3, -0.25) is 4.79 Å². The number of carbonyl (C=O) groups is 1. The lowest BCUT2D eigenvalue weighted by atomic mass is 9.94. The maximum absolute atomic E-state index is 13.8. The number of nitrogens with one attached hydrogen (secondary N) is 2. The molecule has 4 aromatic rings. The molecule has 3 aromatic carbocycles. The Morgan fingerprint density at radius 3 is 2.50 bits per heavy atom. The molecule has 1 aliphatic rings. The van der Waals surface area contributed by atoms with Crippen LogP contribution in [-0.2, 0) is 11.4 Å². The highest BCUT2D eigenvalue weighted by Gasteiger charge is 2.34. The molecular weight excluding hydrogens is 502 g/mol. The van der Waals surface area contributed by atoms with Crippen LogP contribution in [0, 0.1) is 34.6 Å². The van der Waals surface area contributed by atoms with Gasteiger partial charge < -0.3 is 20.1 Å². The van der Waals surface area contributed by atoms with Gasteiger partial charge in [-0.15, -0.1) is 0 Å². The smallest absolute Gasteiger partial charge is 0.255 e. The van der Waals surface area contributed by atoms with Crippen LogP contribution in [0.4, 0.5) is 11.6 Å². The van der Waals surface area contributed by atoms with Gasteiger partial charge in [0.1, 0.15) is 19.0 Å². The molecule has 40 heavy (non-hydrogen) atoms. The summed E-state index contributed by atoms with van der Waals surface area (Å²) < 4.78 is 13.7. The molecule has 0 fully saturated rings. The molecule has 0 radical (unpaired) electrons. The standard InChI is InChI=1S/C32H35N5O3/c1-18-9-8-10-26(22(18)5)36-31(38)29-23(6)35-32-33-17-34-37(32)30(29)24-11-12-27(28(15-24)39-7)40-16-25-14-20(3)19(2)13-21(25)4/h8-15,17,30H,16H2,1-7H3,(H,36,38)(H,33,34,35). The molecule has 5 rings (SSSR count). The number of benzene rings is 3. The number of anilines is 2. The summed E-state index contributed by atoms with van der Waals surface area (Å²) in [6.45, 7) is 12.6. The Labute approximate surface area is 235 Å². The Balaban J connectivity index is 1.48. The third-order valence-corrected chi connectivity index (χ3v) is 7.73. The highest BCUT2D eigenvalue weighted by molar-refractivity contribution is 6.06. The summed E-state index contributed by atoms with van der Waals surface area (Å²) in [5, 5.41) is 10.8. The van der Waals surface area contributed by atoms with Gasteiger partial charge in [-0.1, -0.05) is 30.3 Å². The zero-order chi connectivity index (χ0) is 28.6. The number of rotatable bonds is 7. The molecule has 2 heterocycles. The first-order valence-electron chi connectivity index (χ1n) is 13.3. The molecule has 0 spiro atoms. The second-order valence-electron chi connectivity index (χ2n) is 10.4. The van der Waals surface area contributed by atoms with Gasteiger partial charge in [0.15, 0.2) is 11.5 Å². The fourth-order valence-corrected chi connectivity index (χ4v) is 5.07. The van der Waals surface area contributed by atoms with E-state index < -0.39 is 6.04 Å². The highest BCUT2D eigenvalue weighted by atomic mass is 16.5. The van der Waals surface area contributed by atoms with Crippen molar-refractivity contribution in [2.45, 2.75) is 54.2 Å². The normalized spacial score (nSPS) is 14.4. The Hall–Kier alpha value is -4.59. The number of ether oxygens (including phenoxy) is 2. The Morgan fingerprint density at radius 2 is 1.73 bits per heavy atom. The van der Waals surface area contributed by atoms with Gasteiger partial charge >= 0.3 is 0 Å². The largest absolute Gasteiger partial charge is 0.493 e. The van der Waals surface area contributed by atoms with E-state index in [0.29, 0.717) is 35.3 Å². The zero-order valence-electron chi connectivity index (χ0n) is 24.0. The van der Waals surface area contributed by atoms with E-state index in [1.54, 1.807) is 11.8 Å². The summed E-state index contributed by atoms with van der Waals surface area (Å²) in [7, 11) is 1.62. The molecule has 1 atom stereocenters. The van der Waals surface area contributed by atoms with E-state index in [2.05, 4.69) is 53.6 Å². The van der Waals surface area contributed by atoms with Crippen molar-refractivity contribution in [1.82, 2.24) is 14.8 Å². The van der Waals surface area contributed by atoms with Crippen molar-refractivity contribution in [3.05, 3.63) is 105 Å². The summed E-state index contributed by atoms with van der Waals surface area (Å²) >= 11 is 0. The second-order valence-corrected chi connectivity index (χ2v) is 10.4. The highest BCUT2D eigenvalue weighted by Crippen LogP contribution is 2.39. The lowest BCUT2D eigenvalue weighted by molar-refractivity contribution is -0.113. The van der Waals surface area contributed by atoms with Crippen LogP contribution in [0.1, 0.15) is 51.9 Å². The quantitative estimate of drug-likeness (QED) is 0.286. The second kappa shape index (κ2) is 10.9. The summed E-state index contributed by atoms with van der Waals surface area (Å²) in [6, 6.07) is 15.4. The van der Waals surface area contributed by atoms with Gasteiger partial charge in [-0.05, 0) is 98.7 Å². The van der Waals surface area contributed by atoms with Crippen LogP contribution < -0.4 is 20.1 Å². The van der Waals surface area contributed by atoms with E-state index in [4.69, 9.17) is 9.47 Å². The SMILES string of the molecule is COc1cc(C2C(C(=O)Nc3cccc(C)c3C)=C(C)Nc3ncnn32)ccc1OCc1cc(C)c(C)cc1C. The average Bonchev–Trinajstić information content (AvgIpc) is 3.39. The van der Waals surface area contributed by atoms with Gasteiger partial charge in [-0.2, -0.15) is 10.1 Å². The predicted octanol–water partition coefficient (Wildman–Crippen LogP) is 6.34. The molecule has 0 bridgehead atoms. The van der Waals surface area contributed by atoms with Crippen LogP contribution >= 0.6 is 0 Å². The Bertz CT molecular complexity index is 1640. The number of aryl methyl sites for hydroxylation is 4. The zero-order valence-corrected chi connectivity index (χ0v) is 24.0. The Kier molecular flexibility index (Phi) is 7.34. The summed E-state index contributed by atoms with van der Waals surface area (Å²) in [5.74, 6) is 1.55. The van der Waals surface area contributed by atoms with Gasteiger partial charge in [-0.25, -0.2) is 4.68 Å². The van der Waals surface area contributed by atoms with Crippen molar-refractivity contribution in [2.24, 2.45) is 0 Å². The van der Waals surface area contributed by atoms with Gasteiger partial charge in [0.25, 0.3) is 5.91 Å². The Morgan fingerprint density at radius 1 is 0.950 bits per heavy atom. The molecule has 2 N–H and O–H groups in total. The lowest BCUT2D eigenvalue weighted by Gasteiger charge is -2.29. The molecule has 0 saturated carbocycles. The minimum Gasteiger partial charge on any atom is -0.493 e. The van der Waals surface area contributed by atoms with Crippen LogP contribution in [0.15, 0.2) is 66.1 Å². The molecule has 8 nitrogen and oxygen atoms in total. The molecule has 1 amide bonds. The molecule has 1 aromatic heterocycles. The number of methoxy groups -OCH3 is 1. The summed E-state index contributed by atoms with van der Waals surface area (Å²) in [5.41, 5.74) is 9.79. The maximum Gasteiger partial charge on any atom is 0.255 e. The van der Waals surface area contributed by atoms with Crippen LogP contribution in [0.3, 0.4) is 0 Å². The van der Waals surface area contributed by atoms with Crippen molar-refractivity contribution in [1.29, 1.82) is 0 Å². The van der Waals surface area contributed by atoms with Crippen molar-refractivity contribution in [3.63, 3.8) is 0 Å². The van der Waals surface area contributed by atoms with E-state index in [9.17, 15) is 4.79 Å². The van der Waals surface area contributed by atoms with E-state index in [-0.39, 0.29) is 5.91 Å². The molecule has 1 unspecified atom stereocenters. The summed E-state index contributed by atoms with van der Waals surface area (Å²) in [6.07, 6.45) is 1.48. The van der Waals surface area contributed by atoms with Crippen LogP contribution in [0.5, 0.6) is 11.5 Å². The van der Waals surface area contributed by atoms with E-state index >= 15 is 0 Å². The minimum absolute atomic E-state index is 0.214. The number of allylic oxidation sites excluding steroid dienone is 1. The summed E-state index contributed by atoms with van der Waals surface area (Å²) in [4.78, 5) is 18.1. The number of carbonyl (C=O) groups excluding carboxylic acids is 1. The number of nitrogens with zero attached hydrogens (tertiary/aromatic N) is 3. The van der Waals surface area contributed by atoms with E-state index in [1.165, 1.54) is 23.0 Å². The van der Waals surface area contributed by atoms with E-state index in [1.807, 2.05) is 57.2 Å². The molecule has 0 saturated heterocycles. The van der Waals surface area contributed by atoms with Crippen molar-refractivity contribution in [2.75, 3.05) is 17.7 Å². The molecule has 8 heteroatoms. The van der Waals surface area contributed by atoms with Gasteiger partial charge in [0.05, 0.1) is 12.7 Å². The number of fused-ring (bicyclic) bond motifs is 1. The molecule has 0 aliphatic carbocycles. The topological polar surface area (TPSA) is 90.3 Å². The first-order valence-corrected chi connectivity index (χ1v) is 13.3. The number of hydrogen-bond donors (Lipinski definition) is 2. The maximum atomic E-state index is 13.8.